The highest BCUT2D eigenvalue weighted by molar-refractivity contribution is 6.10. The van der Waals surface area contributed by atoms with Crippen molar-refractivity contribution in [1.82, 2.24) is 0 Å². The first-order valence-corrected chi connectivity index (χ1v) is 8.74. The summed E-state index contributed by atoms with van der Waals surface area (Å²) >= 11 is 0. The topological polar surface area (TPSA) is 72.8 Å². The Labute approximate surface area is 159 Å². The lowest BCUT2D eigenvalue weighted by molar-refractivity contribution is -0.144. The molecule has 27 heavy (non-hydrogen) atoms. The minimum atomic E-state index is -0.849. The summed E-state index contributed by atoms with van der Waals surface area (Å²) in [6, 6.07) is 15.8. The number of hydrogen-bond donors (Lipinski definition) is 1. The Kier molecular flexibility index (Phi) is 7.32. The van der Waals surface area contributed by atoms with Crippen LogP contribution in [0.4, 0.5) is 0 Å². The maximum atomic E-state index is 12.7. The molecule has 0 saturated heterocycles. The first-order chi connectivity index (χ1) is 12.9. The number of carbonyl (C=O) groups excluding carboxylic acids is 2. The fourth-order valence-electron chi connectivity index (χ4n) is 2.49. The molecule has 0 aromatic heterocycles. The van der Waals surface area contributed by atoms with Crippen LogP contribution in [0.2, 0.25) is 0 Å². The molecule has 0 amide bonds. The Bertz CT molecular complexity index is 797. The lowest BCUT2D eigenvalue weighted by atomic mass is 10.0. The van der Waals surface area contributed by atoms with E-state index in [0.29, 0.717) is 22.4 Å². The first kappa shape index (κ1) is 20.4. The third-order valence-electron chi connectivity index (χ3n) is 3.86. The molecule has 2 aromatic rings. The summed E-state index contributed by atoms with van der Waals surface area (Å²) in [5.74, 6) is -0.240. The summed E-state index contributed by atoms with van der Waals surface area (Å²) < 4.78 is 10.8. The number of rotatable bonds is 9. The number of carbonyl (C=O) groups is 2. The van der Waals surface area contributed by atoms with Crippen molar-refractivity contribution < 1.29 is 24.2 Å². The monoisotopic (exact) mass is 368 g/mol. The average Bonchev–Trinajstić information content (AvgIpc) is 2.66. The van der Waals surface area contributed by atoms with E-state index < -0.39 is 18.2 Å². The van der Waals surface area contributed by atoms with Gasteiger partial charge < -0.3 is 14.6 Å². The van der Waals surface area contributed by atoms with Gasteiger partial charge >= 0.3 is 5.97 Å². The smallest absolute Gasteiger partial charge is 0.333 e. The van der Waals surface area contributed by atoms with Crippen molar-refractivity contribution in [1.29, 1.82) is 0 Å². The van der Waals surface area contributed by atoms with Crippen molar-refractivity contribution in [2.45, 2.75) is 32.5 Å². The Morgan fingerprint density at radius 2 is 1.70 bits per heavy atom. The first-order valence-electron chi connectivity index (χ1n) is 8.74. The average molecular weight is 368 g/mol. The van der Waals surface area contributed by atoms with Crippen molar-refractivity contribution in [2.75, 3.05) is 6.61 Å². The van der Waals surface area contributed by atoms with Crippen LogP contribution in [0.15, 0.2) is 66.7 Å². The van der Waals surface area contributed by atoms with Gasteiger partial charge in [-0.1, -0.05) is 49.0 Å². The van der Waals surface area contributed by atoms with Crippen molar-refractivity contribution in [3.05, 3.63) is 77.9 Å². The number of benzene rings is 2. The zero-order valence-corrected chi connectivity index (χ0v) is 15.6. The largest absolute Gasteiger partial charge is 0.490 e. The molecule has 0 aliphatic heterocycles. The van der Waals surface area contributed by atoms with Gasteiger partial charge in [0, 0.05) is 17.6 Å². The van der Waals surface area contributed by atoms with Crippen LogP contribution >= 0.6 is 0 Å². The fourth-order valence-corrected chi connectivity index (χ4v) is 2.49. The molecule has 0 radical (unpaired) electrons. The molecule has 5 nitrogen and oxygen atoms in total. The normalized spacial score (nSPS) is 12.7. The maximum Gasteiger partial charge on any atom is 0.333 e. The molecule has 0 spiro atoms. The van der Waals surface area contributed by atoms with Gasteiger partial charge in [-0.2, -0.15) is 0 Å². The molecular formula is C22H24O5. The van der Waals surface area contributed by atoms with Crippen molar-refractivity contribution in [3.8, 4) is 5.75 Å². The molecule has 5 heteroatoms. The number of esters is 1. The molecule has 0 saturated carbocycles. The Morgan fingerprint density at radius 1 is 1.07 bits per heavy atom. The SMILES string of the molecule is C=C(C)C(=O)OC(C)CC(O)COc1ccccc1C(=O)c1ccccc1. The second-order valence-corrected chi connectivity index (χ2v) is 6.39. The van der Waals surface area contributed by atoms with E-state index in [1.807, 2.05) is 6.07 Å². The van der Waals surface area contributed by atoms with Gasteiger partial charge in [0.25, 0.3) is 0 Å². The van der Waals surface area contributed by atoms with Gasteiger partial charge in [0.1, 0.15) is 18.5 Å². The zero-order valence-electron chi connectivity index (χ0n) is 15.6. The summed E-state index contributed by atoms with van der Waals surface area (Å²) in [4.78, 5) is 24.2. The van der Waals surface area contributed by atoms with Crippen LogP contribution in [0.3, 0.4) is 0 Å². The summed E-state index contributed by atoms with van der Waals surface area (Å²) in [6.45, 7) is 6.76. The van der Waals surface area contributed by atoms with Gasteiger partial charge in [-0.25, -0.2) is 4.79 Å². The highest BCUT2D eigenvalue weighted by Crippen LogP contribution is 2.22. The van der Waals surface area contributed by atoms with Crippen molar-refractivity contribution >= 4 is 11.8 Å². The molecule has 0 bridgehead atoms. The van der Waals surface area contributed by atoms with E-state index >= 15 is 0 Å². The number of para-hydroxylation sites is 1. The summed E-state index contributed by atoms with van der Waals surface area (Å²) in [5, 5.41) is 10.2. The molecule has 2 aromatic carbocycles. The number of ether oxygens (including phenoxy) is 2. The van der Waals surface area contributed by atoms with Crippen LogP contribution < -0.4 is 4.74 Å². The summed E-state index contributed by atoms with van der Waals surface area (Å²) in [7, 11) is 0. The van der Waals surface area contributed by atoms with Crippen LogP contribution in [0.5, 0.6) is 5.75 Å². The number of hydrogen-bond acceptors (Lipinski definition) is 5. The van der Waals surface area contributed by atoms with E-state index in [-0.39, 0.29) is 18.8 Å². The number of aliphatic hydroxyl groups excluding tert-OH is 1. The van der Waals surface area contributed by atoms with E-state index in [0.717, 1.165) is 0 Å². The van der Waals surface area contributed by atoms with Crippen LogP contribution in [0.1, 0.15) is 36.2 Å². The lowest BCUT2D eigenvalue weighted by Gasteiger charge is -2.18. The van der Waals surface area contributed by atoms with Crippen LogP contribution in [0, 0.1) is 0 Å². The lowest BCUT2D eigenvalue weighted by Crippen LogP contribution is -2.26. The van der Waals surface area contributed by atoms with Gasteiger partial charge in [0.05, 0.1) is 11.7 Å². The van der Waals surface area contributed by atoms with Gasteiger partial charge in [-0.3, -0.25) is 4.79 Å². The number of ketones is 1. The highest BCUT2D eigenvalue weighted by atomic mass is 16.5. The minimum Gasteiger partial charge on any atom is -0.490 e. The van der Waals surface area contributed by atoms with Crippen LogP contribution in [-0.4, -0.2) is 35.7 Å². The second kappa shape index (κ2) is 9.69. The van der Waals surface area contributed by atoms with E-state index in [2.05, 4.69) is 6.58 Å². The molecule has 0 aliphatic carbocycles. The van der Waals surface area contributed by atoms with Crippen LogP contribution in [-0.2, 0) is 9.53 Å². The predicted octanol–water partition coefficient (Wildman–Crippen LogP) is 3.56. The van der Waals surface area contributed by atoms with E-state index in [1.165, 1.54) is 0 Å². The molecule has 0 aliphatic rings. The Balaban J connectivity index is 1.97. The maximum absolute atomic E-state index is 12.7. The van der Waals surface area contributed by atoms with Gasteiger partial charge in [0.15, 0.2) is 5.78 Å². The van der Waals surface area contributed by atoms with Crippen molar-refractivity contribution in [2.24, 2.45) is 0 Å². The quantitative estimate of drug-likeness (QED) is 0.416. The van der Waals surface area contributed by atoms with Gasteiger partial charge in [-0.05, 0) is 26.0 Å². The van der Waals surface area contributed by atoms with E-state index in [4.69, 9.17) is 9.47 Å². The Hall–Kier alpha value is -2.92. The molecule has 2 rings (SSSR count). The molecule has 0 heterocycles. The molecule has 1 N–H and O–H groups in total. The zero-order chi connectivity index (χ0) is 19.8. The summed E-state index contributed by atoms with van der Waals surface area (Å²) in [5.41, 5.74) is 1.30. The predicted molar refractivity (Wildman–Crippen MR) is 103 cm³/mol. The molecule has 2 unspecified atom stereocenters. The second-order valence-electron chi connectivity index (χ2n) is 6.39. The molecule has 2 atom stereocenters. The Morgan fingerprint density at radius 3 is 2.37 bits per heavy atom. The van der Waals surface area contributed by atoms with E-state index in [9.17, 15) is 14.7 Å². The molecule has 142 valence electrons. The van der Waals surface area contributed by atoms with Crippen molar-refractivity contribution in [3.63, 3.8) is 0 Å². The molecular weight excluding hydrogens is 344 g/mol. The van der Waals surface area contributed by atoms with E-state index in [1.54, 1.807) is 62.4 Å². The highest BCUT2D eigenvalue weighted by Gasteiger charge is 2.18. The third kappa shape index (κ3) is 6.08. The minimum absolute atomic E-state index is 0.0198. The number of aliphatic hydroxyl groups is 1. The van der Waals surface area contributed by atoms with Crippen LogP contribution in [0.25, 0.3) is 0 Å². The van der Waals surface area contributed by atoms with Gasteiger partial charge in [-0.15, -0.1) is 0 Å². The fraction of sp³-hybridized carbons (Fsp3) is 0.273. The standard InChI is InChI=1S/C22H24O5/c1-15(2)22(25)27-16(3)13-18(23)14-26-20-12-8-7-11-19(20)21(24)17-9-5-4-6-10-17/h4-12,16,18,23H,1,13-14H2,2-3H3. The summed E-state index contributed by atoms with van der Waals surface area (Å²) in [6.07, 6.45) is -1.11. The third-order valence-corrected chi connectivity index (χ3v) is 3.86. The molecule has 0 fully saturated rings. The van der Waals surface area contributed by atoms with Gasteiger partial charge in [0.2, 0.25) is 0 Å².